The SMILES string of the molecule is Cc1cncc(C2(F)CCCNCC2)c1. The zero-order valence-corrected chi connectivity index (χ0v) is 9.09. The molecular formula is C12H17FN2. The minimum Gasteiger partial charge on any atom is -0.317 e. The van der Waals surface area contributed by atoms with Gasteiger partial charge in [0, 0.05) is 18.0 Å². The van der Waals surface area contributed by atoms with E-state index in [2.05, 4.69) is 10.3 Å². The number of nitrogens with one attached hydrogen (secondary N) is 1. The Morgan fingerprint density at radius 3 is 3.00 bits per heavy atom. The third-order valence-corrected chi connectivity index (χ3v) is 3.02. The molecule has 82 valence electrons. The van der Waals surface area contributed by atoms with E-state index in [0.717, 1.165) is 30.6 Å². The van der Waals surface area contributed by atoms with Crippen LogP contribution in [0.1, 0.15) is 30.4 Å². The summed E-state index contributed by atoms with van der Waals surface area (Å²) in [6, 6.07) is 1.92. The number of rotatable bonds is 1. The molecule has 1 atom stereocenters. The lowest BCUT2D eigenvalue weighted by molar-refractivity contribution is 0.144. The molecule has 2 rings (SSSR count). The van der Waals surface area contributed by atoms with E-state index in [1.165, 1.54) is 0 Å². The van der Waals surface area contributed by atoms with Crippen molar-refractivity contribution in [3.63, 3.8) is 0 Å². The van der Waals surface area contributed by atoms with Crippen molar-refractivity contribution in [2.75, 3.05) is 13.1 Å². The van der Waals surface area contributed by atoms with Gasteiger partial charge in [-0.05, 0) is 50.9 Å². The molecule has 1 unspecified atom stereocenters. The Morgan fingerprint density at radius 1 is 1.33 bits per heavy atom. The van der Waals surface area contributed by atoms with E-state index >= 15 is 0 Å². The highest BCUT2D eigenvalue weighted by atomic mass is 19.1. The second kappa shape index (κ2) is 4.27. The molecule has 3 heteroatoms. The number of hydrogen-bond acceptors (Lipinski definition) is 2. The van der Waals surface area contributed by atoms with Crippen molar-refractivity contribution in [1.82, 2.24) is 10.3 Å². The Morgan fingerprint density at radius 2 is 2.20 bits per heavy atom. The van der Waals surface area contributed by atoms with Gasteiger partial charge in [0.1, 0.15) is 5.67 Å². The first-order valence-corrected chi connectivity index (χ1v) is 5.52. The highest BCUT2D eigenvalue weighted by Gasteiger charge is 2.32. The van der Waals surface area contributed by atoms with E-state index in [4.69, 9.17) is 0 Å². The molecule has 0 spiro atoms. The van der Waals surface area contributed by atoms with Crippen LogP contribution in [0.5, 0.6) is 0 Å². The van der Waals surface area contributed by atoms with Crippen LogP contribution in [-0.2, 0) is 5.67 Å². The average Bonchev–Trinajstić information content (AvgIpc) is 2.44. The second-order valence-corrected chi connectivity index (χ2v) is 4.32. The molecule has 2 nitrogen and oxygen atoms in total. The Kier molecular flexibility index (Phi) is 3.00. The molecule has 1 aromatic heterocycles. The fourth-order valence-electron chi connectivity index (χ4n) is 2.12. The van der Waals surface area contributed by atoms with Crippen molar-refractivity contribution < 1.29 is 4.39 Å². The van der Waals surface area contributed by atoms with Crippen LogP contribution in [0.4, 0.5) is 4.39 Å². The normalized spacial score (nSPS) is 27.3. The molecular weight excluding hydrogens is 191 g/mol. The van der Waals surface area contributed by atoms with Gasteiger partial charge in [-0.3, -0.25) is 4.98 Å². The van der Waals surface area contributed by atoms with Gasteiger partial charge in [0.2, 0.25) is 0 Å². The molecule has 0 amide bonds. The lowest BCUT2D eigenvalue weighted by Crippen LogP contribution is -2.22. The van der Waals surface area contributed by atoms with Gasteiger partial charge < -0.3 is 5.32 Å². The highest BCUT2D eigenvalue weighted by Crippen LogP contribution is 2.35. The molecule has 0 saturated carbocycles. The van der Waals surface area contributed by atoms with E-state index in [9.17, 15) is 4.39 Å². The summed E-state index contributed by atoms with van der Waals surface area (Å²) in [5.74, 6) is 0. The third-order valence-electron chi connectivity index (χ3n) is 3.02. The van der Waals surface area contributed by atoms with Crippen LogP contribution in [0.15, 0.2) is 18.5 Å². The van der Waals surface area contributed by atoms with Crippen LogP contribution in [-0.4, -0.2) is 18.1 Å². The standard InChI is InChI=1S/C12H17FN2/c1-10-7-11(9-15-8-10)12(13)3-2-5-14-6-4-12/h7-9,14H,2-6H2,1H3. The molecule has 1 aliphatic rings. The monoisotopic (exact) mass is 208 g/mol. The van der Waals surface area contributed by atoms with Crippen LogP contribution < -0.4 is 5.32 Å². The van der Waals surface area contributed by atoms with E-state index in [1.807, 2.05) is 13.0 Å². The van der Waals surface area contributed by atoms with E-state index in [1.54, 1.807) is 12.4 Å². The molecule has 1 aromatic rings. The molecule has 1 N–H and O–H groups in total. The van der Waals surface area contributed by atoms with Gasteiger partial charge in [-0.2, -0.15) is 0 Å². The van der Waals surface area contributed by atoms with Gasteiger partial charge in [0.05, 0.1) is 0 Å². The van der Waals surface area contributed by atoms with E-state index < -0.39 is 5.67 Å². The molecule has 0 aliphatic carbocycles. The first-order valence-electron chi connectivity index (χ1n) is 5.52. The maximum Gasteiger partial charge on any atom is 0.138 e. The van der Waals surface area contributed by atoms with Crippen molar-refractivity contribution in [2.45, 2.75) is 31.9 Å². The highest BCUT2D eigenvalue weighted by molar-refractivity contribution is 5.23. The minimum absolute atomic E-state index is 0.554. The first-order chi connectivity index (χ1) is 7.21. The van der Waals surface area contributed by atoms with Crippen LogP contribution in [0.25, 0.3) is 0 Å². The quantitative estimate of drug-likeness (QED) is 0.766. The van der Waals surface area contributed by atoms with Gasteiger partial charge >= 0.3 is 0 Å². The van der Waals surface area contributed by atoms with Crippen molar-refractivity contribution in [3.05, 3.63) is 29.6 Å². The van der Waals surface area contributed by atoms with Crippen LogP contribution in [0, 0.1) is 6.92 Å². The largest absolute Gasteiger partial charge is 0.317 e. The molecule has 2 heterocycles. The van der Waals surface area contributed by atoms with Crippen molar-refractivity contribution in [1.29, 1.82) is 0 Å². The Bertz CT molecular complexity index is 330. The number of hydrogen-bond donors (Lipinski definition) is 1. The fraction of sp³-hybridized carbons (Fsp3) is 0.583. The average molecular weight is 208 g/mol. The zero-order chi connectivity index (χ0) is 10.7. The van der Waals surface area contributed by atoms with Crippen molar-refractivity contribution in [3.8, 4) is 0 Å². The second-order valence-electron chi connectivity index (χ2n) is 4.32. The lowest BCUT2D eigenvalue weighted by atomic mass is 9.89. The summed E-state index contributed by atoms with van der Waals surface area (Å²) in [5, 5.41) is 3.23. The summed E-state index contributed by atoms with van der Waals surface area (Å²) in [7, 11) is 0. The third kappa shape index (κ3) is 2.34. The molecule has 0 radical (unpaired) electrons. The number of aromatic nitrogens is 1. The summed E-state index contributed by atoms with van der Waals surface area (Å²) in [4.78, 5) is 4.07. The summed E-state index contributed by atoms with van der Waals surface area (Å²) >= 11 is 0. The molecule has 0 bridgehead atoms. The Labute approximate surface area is 89.9 Å². The smallest absolute Gasteiger partial charge is 0.138 e. The summed E-state index contributed by atoms with van der Waals surface area (Å²) in [6.07, 6.45) is 5.48. The fourth-order valence-corrected chi connectivity index (χ4v) is 2.12. The molecule has 1 fully saturated rings. The number of halogens is 1. The number of aryl methyl sites for hydroxylation is 1. The predicted octanol–water partition coefficient (Wildman–Crippen LogP) is 2.33. The van der Waals surface area contributed by atoms with Gasteiger partial charge in [0.15, 0.2) is 0 Å². The molecule has 15 heavy (non-hydrogen) atoms. The Hall–Kier alpha value is -0.960. The van der Waals surface area contributed by atoms with Crippen molar-refractivity contribution in [2.24, 2.45) is 0 Å². The lowest BCUT2D eigenvalue weighted by Gasteiger charge is -2.23. The number of nitrogens with zero attached hydrogens (tertiary/aromatic N) is 1. The van der Waals surface area contributed by atoms with Crippen LogP contribution in [0.2, 0.25) is 0 Å². The van der Waals surface area contributed by atoms with Gasteiger partial charge in [-0.25, -0.2) is 4.39 Å². The summed E-state index contributed by atoms with van der Waals surface area (Å²) < 4.78 is 14.7. The van der Waals surface area contributed by atoms with Crippen LogP contribution in [0.3, 0.4) is 0 Å². The molecule has 1 saturated heterocycles. The maximum atomic E-state index is 14.7. The summed E-state index contributed by atoms with van der Waals surface area (Å²) in [5.41, 5.74) is 0.593. The van der Waals surface area contributed by atoms with Crippen molar-refractivity contribution >= 4 is 0 Å². The Balaban J connectivity index is 2.26. The maximum absolute atomic E-state index is 14.7. The minimum atomic E-state index is -1.18. The molecule has 1 aliphatic heterocycles. The predicted molar refractivity (Wildman–Crippen MR) is 58.5 cm³/mol. The zero-order valence-electron chi connectivity index (χ0n) is 9.09. The van der Waals surface area contributed by atoms with Crippen LogP contribution >= 0.6 is 0 Å². The first kappa shape index (κ1) is 10.6. The van der Waals surface area contributed by atoms with Gasteiger partial charge in [0.25, 0.3) is 0 Å². The van der Waals surface area contributed by atoms with E-state index in [0.29, 0.717) is 12.8 Å². The van der Waals surface area contributed by atoms with Gasteiger partial charge in [-0.1, -0.05) is 0 Å². The topological polar surface area (TPSA) is 24.9 Å². The van der Waals surface area contributed by atoms with Gasteiger partial charge in [-0.15, -0.1) is 0 Å². The number of pyridine rings is 1. The molecule has 0 aromatic carbocycles. The van der Waals surface area contributed by atoms with E-state index in [-0.39, 0.29) is 0 Å². The number of alkyl halides is 1. The summed E-state index contributed by atoms with van der Waals surface area (Å²) in [6.45, 7) is 3.63.